The van der Waals surface area contributed by atoms with Crippen LogP contribution in [-0.2, 0) is 11.3 Å². The van der Waals surface area contributed by atoms with Crippen LogP contribution < -0.4 is 0 Å². The summed E-state index contributed by atoms with van der Waals surface area (Å²) in [6, 6.07) is 3.66. The summed E-state index contributed by atoms with van der Waals surface area (Å²) in [5.41, 5.74) is 0.0212. The summed E-state index contributed by atoms with van der Waals surface area (Å²) >= 11 is 0. The number of carbonyl (C=O) groups is 3. The number of carboxylic acids is 1. The quantitative estimate of drug-likeness (QED) is 0.258. The minimum absolute atomic E-state index is 0.00128. The summed E-state index contributed by atoms with van der Waals surface area (Å²) in [5, 5.41) is 22.5. The third-order valence-electron chi connectivity index (χ3n) is 11.5. The van der Waals surface area contributed by atoms with Crippen molar-refractivity contribution in [1.82, 2.24) is 39.5 Å². The Labute approximate surface area is 292 Å². The number of carboxylic acid groups (broad SMARTS) is 1. The lowest BCUT2D eigenvalue weighted by Crippen LogP contribution is -2.62. The lowest BCUT2D eigenvalue weighted by Gasteiger charge is -2.50. The Morgan fingerprint density at radius 1 is 1.08 bits per heavy atom. The Morgan fingerprint density at radius 2 is 1.76 bits per heavy atom. The molecule has 2 saturated carbocycles. The van der Waals surface area contributed by atoms with E-state index in [1.54, 1.807) is 4.90 Å². The number of hydrogen-bond donors (Lipinski definition) is 1. The molecule has 3 atom stereocenters. The summed E-state index contributed by atoms with van der Waals surface area (Å²) in [6.45, 7) is 7.69. The lowest BCUT2D eigenvalue weighted by molar-refractivity contribution is -0.145. The molecule has 8 rings (SSSR count). The molecule has 1 aromatic carbocycles. The third-order valence-corrected chi connectivity index (χ3v) is 11.5. The monoisotopic (exact) mass is 702 g/mol. The van der Waals surface area contributed by atoms with Crippen molar-refractivity contribution >= 4 is 17.8 Å². The van der Waals surface area contributed by atoms with Crippen LogP contribution in [0.2, 0.25) is 0 Å². The van der Waals surface area contributed by atoms with Crippen molar-refractivity contribution in [3.63, 3.8) is 0 Å². The third kappa shape index (κ3) is 5.89. The zero-order valence-electron chi connectivity index (χ0n) is 28.8. The average Bonchev–Trinajstić information content (AvgIpc) is 3.80. The molecule has 4 aliphatic rings. The molecule has 2 aliphatic heterocycles. The van der Waals surface area contributed by atoms with E-state index in [4.69, 9.17) is 19.7 Å². The van der Waals surface area contributed by atoms with Gasteiger partial charge < -0.3 is 19.4 Å². The number of amides is 2. The van der Waals surface area contributed by atoms with Gasteiger partial charge in [-0.15, -0.1) is 0 Å². The van der Waals surface area contributed by atoms with Crippen LogP contribution in [0.5, 0.6) is 0 Å². The number of hydrogen-bond acceptors (Lipinski definition) is 8. The van der Waals surface area contributed by atoms with Crippen LogP contribution >= 0.6 is 0 Å². The van der Waals surface area contributed by atoms with E-state index in [1.807, 2.05) is 22.7 Å². The number of rotatable bonds is 9. The Morgan fingerprint density at radius 3 is 2.43 bits per heavy atom. The van der Waals surface area contributed by atoms with Crippen LogP contribution in [0, 0.1) is 28.4 Å². The molecule has 3 aromatic heterocycles. The smallest absolute Gasteiger partial charge is 0.341 e. The van der Waals surface area contributed by atoms with Crippen molar-refractivity contribution < 1.29 is 32.8 Å². The molecule has 4 fully saturated rings. The molecule has 1 N–H and O–H groups in total. The molecule has 13 nitrogen and oxygen atoms in total. The number of halogens is 2. The second-order valence-corrected chi connectivity index (χ2v) is 15.6. The van der Waals surface area contributed by atoms with Gasteiger partial charge in [0.2, 0.25) is 5.91 Å². The molecule has 5 heterocycles. The first-order valence-corrected chi connectivity index (χ1v) is 17.5. The number of benzene rings is 1. The Bertz CT molecular complexity index is 2000. The summed E-state index contributed by atoms with van der Waals surface area (Å²) < 4.78 is 37.6. The number of nitrogens with zero attached hydrogens (tertiary/aromatic N) is 8. The van der Waals surface area contributed by atoms with Gasteiger partial charge in [-0.1, -0.05) is 31.8 Å². The maximum atomic E-state index is 14.3. The van der Waals surface area contributed by atoms with Gasteiger partial charge in [-0.05, 0) is 55.4 Å². The highest BCUT2D eigenvalue weighted by Gasteiger charge is 2.61. The summed E-state index contributed by atoms with van der Waals surface area (Å²) in [6.07, 6.45) is 10.4. The normalized spacial score (nSPS) is 22.8. The second kappa shape index (κ2) is 12.1. The van der Waals surface area contributed by atoms with Crippen LogP contribution in [0.1, 0.15) is 114 Å². The molecule has 0 bridgehead atoms. The molecule has 268 valence electrons. The molecule has 4 aromatic rings. The first-order valence-electron chi connectivity index (χ1n) is 17.5. The standard InChI is InChI=1S/C36H40F2N8O5/c1-20(46-9-8-28(41-46)22-6-4-5-7-22)31-40-30(42-51-31)25-16-43(17-36(25)18-44(19-36)33(48)24-12-35(24,2)3)32(47)23-13-39-45(15-23)14-21-10-26(37)29(34(49)50)27(38)11-21/h8-11,13,15,20,22,24-25H,4-7,12,14,16-19H2,1-3H3,(H,49,50)/t20?,24-,25?/m1/s1. The molecular formula is C36H40F2N8O5. The highest BCUT2D eigenvalue weighted by Crippen LogP contribution is 2.55. The molecule has 2 aliphatic carbocycles. The van der Waals surface area contributed by atoms with Crippen molar-refractivity contribution in [3.05, 3.63) is 82.5 Å². The zero-order valence-corrected chi connectivity index (χ0v) is 28.8. The maximum absolute atomic E-state index is 14.3. The Kier molecular flexibility index (Phi) is 7.87. The Balaban J connectivity index is 1.01. The van der Waals surface area contributed by atoms with Gasteiger partial charge in [0.1, 0.15) is 23.2 Å². The van der Waals surface area contributed by atoms with Gasteiger partial charge in [0.15, 0.2) is 5.82 Å². The van der Waals surface area contributed by atoms with Crippen LogP contribution in [0.15, 0.2) is 41.3 Å². The number of carbonyl (C=O) groups excluding carboxylic acids is 2. The fourth-order valence-electron chi connectivity index (χ4n) is 8.31. The summed E-state index contributed by atoms with van der Waals surface area (Å²) in [4.78, 5) is 46.8. The first-order chi connectivity index (χ1) is 24.3. The molecule has 15 heteroatoms. The predicted octanol–water partition coefficient (Wildman–Crippen LogP) is 4.87. The van der Waals surface area contributed by atoms with Gasteiger partial charge in [0.05, 0.1) is 29.9 Å². The van der Waals surface area contributed by atoms with E-state index in [9.17, 15) is 23.2 Å². The van der Waals surface area contributed by atoms with E-state index in [0.29, 0.717) is 43.8 Å². The van der Waals surface area contributed by atoms with Gasteiger partial charge >= 0.3 is 5.97 Å². The Hall–Kier alpha value is -4.95. The van der Waals surface area contributed by atoms with Crippen molar-refractivity contribution in [2.75, 3.05) is 26.2 Å². The van der Waals surface area contributed by atoms with Crippen LogP contribution in [0.4, 0.5) is 8.78 Å². The molecule has 2 unspecified atom stereocenters. The van der Waals surface area contributed by atoms with Gasteiger partial charge in [0, 0.05) is 55.8 Å². The topological polar surface area (TPSA) is 152 Å². The van der Waals surface area contributed by atoms with E-state index >= 15 is 0 Å². The van der Waals surface area contributed by atoms with Crippen molar-refractivity contribution in [1.29, 1.82) is 0 Å². The number of likely N-dealkylation sites (tertiary alicyclic amines) is 2. The summed E-state index contributed by atoms with van der Waals surface area (Å²) in [7, 11) is 0. The van der Waals surface area contributed by atoms with Gasteiger partial charge in [-0.25, -0.2) is 13.6 Å². The van der Waals surface area contributed by atoms with Crippen molar-refractivity contribution in [2.45, 2.75) is 77.3 Å². The van der Waals surface area contributed by atoms with Gasteiger partial charge in [0.25, 0.3) is 11.8 Å². The number of aromatic carboxylic acids is 1. The minimum Gasteiger partial charge on any atom is -0.477 e. The fourth-order valence-corrected chi connectivity index (χ4v) is 8.31. The molecule has 0 radical (unpaired) electrons. The van der Waals surface area contributed by atoms with Crippen LogP contribution in [-0.4, -0.2) is 88.6 Å². The van der Waals surface area contributed by atoms with Crippen LogP contribution in [0.25, 0.3) is 0 Å². The molecule has 51 heavy (non-hydrogen) atoms. The lowest BCUT2D eigenvalue weighted by atomic mass is 9.71. The highest BCUT2D eigenvalue weighted by molar-refractivity contribution is 5.94. The van der Waals surface area contributed by atoms with Crippen molar-refractivity contribution in [2.24, 2.45) is 16.7 Å². The van der Waals surface area contributed by atoms with E-state index in [0.717, 1.165) is 37.1 Å². The van der Waals surface area contributed by atoms with Gasteiger partial charge in [-0.3, -0.25) is 19.0 Å². The number of aromatic nitrogens is 6. The maximum Gasteiger partial charge on any atom is 0.341 e. The highest BCUT2D eigenvalue weighted by atomic mass is 19.1. The summed E-state index contributed by atoms with van der Waals surface area (Å²) in [5.74, 6) is -3.13. The van der Waals surface area contributed by atoms with Gasteiger partial charge in [-0.2, -0.15) is 15.2 Å². The van der Waals surface area contributed by atoms with E-state index < -0.39 is 28.6 Å². The minimum atomic E-state index is -1.70. The average molecular weight is 703 g/mol. The van der Waals surface area contributed by atoms with E-state index in [2.05, 4.69) is 30.2 Å². The SMILES string of the molecule is CC(c1nc(C2CN(C(=O)c3cnn(Cc4cc(F)c(C(=O)O)c(F)c4)c3)CC23CN(C(=O)[C@H]2CC2(C)C)C3)no1)n1ccc(C2CCCC2)n1. The molecular weight excluding hydrogens is 662 g/mol. The predicted molar refractivity (Wildman–Crippen MR) is 176 cm³/mol. The molecule has 2 amide bonds. The largest absolute Gasteiger partial charge is 0.477 e. The van der Waals surface area contributed by atoms with Crippen molar-refractivity contribution in [3.8, 4) is 0 Å². The van der Waals surface area contributed by atoms with E-state index in [-0.39, 0.29) is 52.8 Å². The molecule has 2 saturated heterocycles. The fraction of sp³-hybridized carbons (Fsp3) is 0.528. The van der Waals surface area contributed by atoms with E-state index in [1.165, 1.54) is 29.9 Å². The molecule has 1 spiro atoms. The second-order valence-electron chi connectivity index (χ2n) is 15.6. The first kappa shape index (κ1) is 33.2. The van der Waals surface area contributed by atoms with Crippen LogP contribution in [0.3, 0.4) is 0 Å². The zero-order chi connectivity index (χ0) is 35.8.